The average molecular weight is 145 g/mol. The van der Waals surface area contributed by atoms with Crippen LogP contribution in [0, 0.1) is 0 Å². The summed E-state index contributed by atoms with van der Waals surface area (Å²) in [5, 5.41) is 0. The Balaban J connectivity index is 2.48. The van der Waals surface area contributed by atoms with Gasteiger partial charge in [0, 0.05) is 13.0 Å². The number of hydrogen-bond acceptors (Lipinski definition) is 2. The molecule has 0 amide bonds. The zero-order chi connectivity index (χ0) is 6.85. The lowest BCUT2D eigenvalue weighted by Crippen LogP contribution is -2.12. The minimum atomic E-state index is 0.0509. The molecule has 3 heteroatoms. The molecule has 1 saturated heterocycles. The Hall–Kier alpha value is -0.150. The molecule has 0 aliphatic carbocycles. The van der Waals surface area contributed by atoms with Gasteiger partial charge in [0.1, 0.15) is 5.78 Å². The Kier molecular flexibility index (Phi) is 2.03. The monoisotopic (exact) mass is 145 g/mol. The quantitative estimate of drug-likeness (QED) is 0.501. The molecule has 0 radical (unpaired) electrons. The number of Topliss-reactive ketones (excluding diaryl/α,β-unsaturated/α-hetero) is 1. The number of nitrogens with zero attached hydrogens (tertiary/aromatic N) is 1. The topological polar surface area (TPSA) is 20.3 Å². The predicted octanol–water partition coefficient (Wildman–Crippen LogP) is 0.507. The summed E-state index contributed by atoms with van der Waals surface area (Å²) < 4.78 is 2.11. The second kappa shape index (κ2) is 2.62. The van der Waals surface area contributed by atoms with Gasteiger partial charge >= 0.3 is 0 Å². The first-order valence-electron chi connectivity index (χ1n) is 2.92. The summed E-state index contributed by atoms with van der Waals surface area (Å²) >= 11 is 0. The van der Waals surface area contributed by atoms with Crippen LogP contribution in [0.15, 0.2) is 0 Å². The van der Waals surface area contributed by atoms with Crippen molar-refractivity contribution >= 4 is 22.3 Å². The Labute approximate surface area is 57.9 Å². The van der Waals surface area contributed by atoms with Crippen molar-refractivity contribution in [3.63, 3.8) is 0 Å². The molecule has 52 valence electrons. The average Bonchev–Trinajstić information content (AvgIpc) is 2.14. The van der Waals surface area contributed by atoms with Crippen LogP contribution in [0.25, 0.3) is 0 Å². The highest BCUT2D eigenvalue weighted by molar-refractivity contribution is 8.11. The van der Waals surface area contributed by atoms with Crippen LogP contribution in [0.4, 0.5) is 0 Å². The fourth-order valence-corrected chi connectivity index (χ4v) is 1.64. The first kappa shape index (κ1) is 6.96. The highest BCUT2D eigenvalue weighted by atomic mass is 32.2. The maximum absolute atomic E-state index is 10.7. The van der Waals surface area contributed by atoms with Crippen LogP contribution in [0.3, 0.4) is 0 Å². The maximum Gasteiger partial charge on any atom is 0.149 e. The van der Waals surface area contributed by atoms with E-state index in [1.165, 1.54) is 0 Å². The molecule has 0 aromatic carbocycles. The molecule has 0 aromatic rings. The van der Waals surface area contributed by atoms with Crippen molar-refractivity contribution in [2.24, 2.45) is 0 Å². The van der Waals surface area contributed by atoms with E-state index in [9.17, 15) is 4.79 Å². The van der Waals surface area contributed by atoms with E-state index in [1.807, 2.05) is 6.26 Å². The molecule has 0 bridgehead atoms. The van der Waals surface area contributed by atoms with Crippen molar-refractivity contribution in [3.8, 4) is 0 Å². The Morgan fingerprint density at radius 1 is 1.78 bits per heavy atom. The van der Waals surface area contributed by atoms with Crippen LogP contribution in [0.2, 0.25) is 0 Å². The van der Waals surface area contributed by atoms with Gasteiger partial charge in [0.25, 0.3) is 0 Å². The van der Waals surface area contributed by atoms with Gasteiger partial charge in [0.05, 0.1) is 6.54 Å². The molecule has 1 atom stereocenters. The SMILES string of the molecule is C=S(C)N1CCC(=O)C1. The molecule has 1 unspecified atom stereocenters. The zero-order valence-corrected chi connectivity index (χ0v) is 6.41. The first-order chi connectivity index (χ1) is 4.20. The van der Waals surface area contributed by atoms with E-state index >= 15 is 0 Å². The zero-order valence-electron chi connectivity index (χ0n) is 5.59. The van der Waals surface area contributed by atoms with Gasteiger partial charge in [0.2, 0.25) is 0 Å². The second-order valence-corrected chi connectivity index (χ2v) is 3.97. The molecule has 1 rings (SSSR count). The fraction of sp³-hybridized carbons (Fsp3) is 0.667. The summed E-state index contributed by atoms with van der Waals surface area (Å²) in [5.41, 5.74) is 0. The van der Waals surface area contributed by atoms with Crippen molar-refractivity contribution in [2.75, 3.05) is 19.3 Å². The number of ketones is 1. The Bertz CT molecular complexity index is 155. The Morgan fingerprint density at radius 2 is 2.44 bits per heavy atom. The molecule has 0 saturated carbocycles. The van der Waals surface area contributed by atoms with Crippen LogP contribution >= 0.6 is 10.7 Å². The summed E-state index contributed by atoms with van der Waals surface area (Å²) in [5.74, 6) is 4.22. The van der Waals surface area contributed by atoms with E-state index in [1.54, 1.807) is 0 Å². The molecule has 1 aliphatic rings. The predicted molar refractivity (Wildman–Crippen MR) is 41.8 cm³/mol. The molecule has 0 N–H and O–H groups in total. The maximum atomic E-state index is 10.7. The van der Waals surface area contributed by atoms with Crippen molar-refractivity contribution in [1.29, 1.82) is 0 Å². The van der Waals surface area contributed by atoms with Crippen LogP contribution in [0.1, 0.15) is 6.42 Å². The number of hydrogen-bond donors (Lipinski definition) is 0. The summed E-state index contributed by atoms with van der Waals surface area (Å²) in [4.78, 5) is 10.7. The van der Waals surface area contributed by atoms with E-state index in [-0.39, 0.29) is 10.7 Å². The van der Waals surface area contributed by atoms with Crippen LogP contribution in [0.5, 0.6) is 0 Å². The van der Waals surface area contributed by atoms with E-state index in [0.29, 0.717) is 12.3 Å². The standard InChI is InChI=1S/C6H11NOS/c1-9(2)7-4-3-6(8)5-7/h1,3-5H2,2H3. The first-order valence-corrected chi connectivity index (χ1v) is 4.68. The van der Waals surface area contributed by atoms with Gasteiger partial charge in [-0.05, 0) is 6.26 Å². The van der Waals surface area contributed by atoms with Crippen molar-refractivity contribution in [1.82, 2.24) is 4.31 Å². The van der Waals surface area contributed by atoms with Gasteiger partial charge in [-0.2, -0.15) is 0 Å². The summed E-state index contributed by atoms with van der Waals surface area (Å²) in [7, 11) is 0.0509. The van der Waals surface area contributed by atoms with E-state index in [2.05, 4.69) is 10.2 Å². The lowest BCUT2D eigenvalue weighted by atomic mass is 10.4. The second-order valence-electron chi connectivity index (χ2n) is 2.25. The molecular weight excluding hydrogens is 134 g/mol. The Morgan fingerprint density at radius 3 is 2.67 bits per heavy atom. The molecule has 0 spiro atoms. The largest absolute Gasteiger partial charge is 0.298 e. The van der Waals surface area contributed by atoms with Crippen LogP contribution in [-0.2, 0) is 4.79 Å². The highest BCUT2D eigenvalue weighted by Gasteiger charge is 2.18. The van der Waals surface area contributed by atoms with Gasteiger partial charge < -0.3 is 0 Å². The molecule has 2 nitrogen and oxygen atoms in total. The van der Waals surface area contributed by atoms with Crippen molar-refractivity contribution in [3.05, 3.63) is 0 Å². The lowest BCUT2D eigenvalue weighted by Gasteiger charge is -2.12. The smallest absolute Gasteiger partial charge is 0.149 e. The van der Waals surface area contributed by atoms with Gasteiger partial charge in [-0.3, -0.25) is 4.79 Å². The molecule has 0 aromatic heterocycles. The number of carbonyl (C=O) groups excluding carboxylic acids is 1. The van der Waals surface area contributed by atoms with E-state index in [4.69, 9.17) is 0 Å². The lowest BCUT2D eigenvalue weighted by molar-refractivity contribution is -0.116. The number of rotatable bonds is 1. The summed E-state index contributed by atoms with van der Waals surface area (Å²) in [6.07, 6.45) is 2.77. The third-order valence-corrected chi connectivity index (χ3v) is 2.63. The molecule has 9 heavy (non-hydrogen) atoms. The number of carbonyl (C=O) groups is 1. The fourth-order valence-electron chi connectivity index (χ4n) is 0.870. The third-order valence-electron chi connectivity index (χ3n) is 1.43. The molecule has 1 fully saturated rings. The van der Waals surface area contributed by atoms with E-state index in [0.717, 1.165) is 13.0 Å². The van der Waals surface area contributed by atoms with Gasteiger partial charge in [0.15, 0.2) is 0 Å². The van der Waals surface area contributed by atoms with Gasteiger partial charge in [-0.1, -0.05) is 5.87 Å². The van der Waals surface area contributed by atoms with Gasteiger partial charge in [-0.15, -0.1) is 10.7 Å². The van der Waals surface area contributed by atoms with E-state index < -0.39 is 0 Å². The normalized spacial score (nSPS) is 24.8. The third kappa shape index (κ3) is 1.63. The highest BCUT2D eigenvalue weighted by Crippen LogP contribution is 2.17. The minimum Gasteiger partial charge on any atom is -0.298 e. The van der Waals surface area contributed by atoms with Crippen molar-refractivity contribution < 1.29 is 4.79 Å². The molecule has 1 aliphatic heterocycles. The molecular formula is C6H11NOS. The minimum absolute atomic E-state index is 0.0509. The van der Waals surface area contributed by atoms with Crippen LogP contribution < -0.4 is 0 Å². The molecule has 1 heterocycles. The van der Waals surface area contributed by atoms with Crippen molar-refractivity contribution in [2.45, 2.75) is 6.42 Å². The summed E-state index contributed by atoms with van der Waals surface area (Å²) in [6.45, 7) is 1.55. The summed E-state index contributed by atoms with van der Waals surface area (Å²) in [6, 6.07) is 0. The van der Waals surface area contributed by atoms with Crippen LogP contribution in [-0.4, -0.2) is 35.3 Å². The van der Waals surface area contributed by atoms with Gasteiger partial charge in [-0.25, -0.2) is 4.31 Å².